The standard InChI is InChI=1S/C15H26N2O.ClH/c1-13(2)11(14(13,3)4)12(18)17-8-6-15(10-17)5-7-16-9-15;/h11,16H,5-10H2,1-4H3;1H. The van der Waals surface area contributed by atoms with Crippen molar-refractivity contribution in [1.29, 1.82) is 0 Å². The van der Waals surface area contributed by atoms with Gasteiger partial charge in [-0.2, -0.15) is 0 Å². The third-order valence-electron chi connectivity index (χ3n) is 6.35. The number of halogens is 1. The van der Waals surface area contributed by atoms with E-state index in [0.29, 0.717) is 11.3 Å². The maximum Gasteiger partial charge on any atom is 0.226 e. The van der Waals surface area contributed by atoms with E-state index in [2.05, 4.69) is 37.9 Å². The summed E-state index contributed by atoms with van der Waals surface area (Å²) >= 11 is 0. The first-order chi connectivity index (χ1) is 8.30. The lowest BCUT2D eigenvalue weighted by molar-refractivity contribution is -0.133. The first-order valence-corrected chi connectivity index (χ1v) is 7.30. The SMILES string of the molecule is CC1(C)C(C(=O)N2CCC3(CCNC3)C2)C1(C)C.Cl. The second-order valence-corrected chi connectivity index (χ2v) is 7.81. The molecule has 0 aromatic carbocycles. The molecule has 3 rings (SSSR count). The van der Waals surface area contributed by atoms with Gasteiger partial charge in [0, 0.05) is 31.0 Å². The van der Waals surface area contributed by atoms with Crippen LogP contribution in [0.3, 0.4) is 0 Å². The predicted octanol–water partition coefficient (Wildman–Crippen LogP) is 2.30. The molecular weight excluding hydrogens is 260 g/mol. The van der Waals surface area contributed by atoms with Crippen molar-refractivity contribution in [3.63, 3.8) is 0 Å². The summed E-state index contributed by atoms with van der Waals surface area (Å²) in [6, 6.07) is 0. The summed E-state index contributed by atoms with van der Waals surface area (Å²) in [4.78, 5) is 14.8. The molecule has 3 fully saturated rings. The number of rotatable bonds is 1. The Balaban J connectivity index is 0.00000133. The van der Waals surface area contributed by atoms with Crippen LogP contribution in [0.4, 0.5) is 0 Å². The van der Waals surface area contributed by atoms with Gasteiger partial charge in [-0.3, -0.25) is 4.79 Å². The zero-order chi connectivity index (χ0) is 13.2. The normalized spacial score (nSPS) is 35.5. The molecule has 1 saturated carbocycles. The van der Waals surface area contributed by atoms with Crippen molar-refractivity contribution in [2.75, 3.05) is 26.2 Å². The molecule has 1 spiro atoms. The molecular formula is C15H27ClN2O. The fourth-order valence-corrected chi connectivity index (χ4v) is 4.26. The van der Waals surface area contributed by atoms with Gasteiger partial charge in [0.05, 0.1) is 0 Å². The molecule has 19 heavy (non-hydrogen) atoms. The molecule has 1 N–H and O–H groups in total. The molecule has 1 unspecified atom stereocenters. The quantitative estimate of drug-likeness (QED) is 0.802. The lowest BCUT2D eigenvalue weighted by atomic mass is 9.86. The smallest absolute Gasteiger partial charge is 0.226 e. The summed E-state index contributed by atoms with van der Waals surface area (Å²) in [5, 5.41) is 3.45. The highest BCUT2D eigenvalue weighted by Crippen LogP contribution is 2.69. The van der Waals surface area contributed by atoms with Crippen LogP contribution in [-0.2, 0) is 4.79 Å². The van der Waals surface area contributed by atoms with Gasteiger partial charge < -0.3 is 10.2 Å². The third kappa shape index (κ3) is 2.01. The second kappa shape index (κ2) is 4.36. The lowest BCUT2D eigenvalue weighted by Crippen LogP contribution is -2.35. The Morgan fingerprint density at radius 2 is 1.79 bits per heavy atom. The first kappa shape index (κ1) is 15.1. The predicted molar refractivity (Wildman–Crippen MR) is 79.4 cm³/mol. The van der Waals surface area contributed by atoms with Crippen LogP contribution in [0.15, 0.2) is 0 Å². The van der Waals surface area contributed by atoms with E-state index in [-0.39, 0.29) is 29.2 Å². The molecule has 2 aliphatic heterocycles. The Kier molecular flexibility index (Phi) is 3.47. The number of nitrogens with zero attached hydrogens (tertiary/aromatic N) is 1. The van der Waals surface area contributed by atoms with Gasteiger partial charge >= 0.3 is 0 Å². The Morgan fingerprint density at radius 1 is 1.16 bits per heavy atom. The summed E-state index contributed by atoms with van der Waals surface area (Å²) < 4.78 is 0. The van der Waals surface area contributed by atoms with E-state index < -0.39 is 0 Å². The number of carbonyl (C=O) groups is 1. The van der Waals surface area contributed by atoms with E-state index in [1.165, 1.54) is 12.8 Å². The molecule has 3 aliphatic rings. The van der Waals surface area contributed by atoms with Crippen LogP contribution >= 0.6 is 12.4 Å². The van der Waals surface area contributed by atoms with Crippen LogP contribution in [0.1, 0.15) is 40.5 Å². The van der Waals surface area contributed by atoms with E-state index >= 15 is 0 Å². The third-order valence-corrected chi connectivity index (χ3v) is 6.35. The summed E-state index contributed by atoms with van der Waals surface area (Å²) in [5.74, 6) is 0.642. The van der Waals surface area contributed by atoms with Crippen molar-refractivity contribution in [2.24, 2.45) is 22.2 Å². The summed E-state index contributed by atoms with van der Waals surface area (Å²) in [5.41, 5.74) is 0.750. The molecule has 2 saturated heterocycles. The van der Waals surface area contributed by atoms with E-state index in [1.807, 2.05) is 0 Å². The monoisotopic (exact) mass is 286 g/mol. The van der Waals surface area contributed by atoms with Gasteiger partial charge in [-0.25, -0.2) is 0 Å². The zero-order valence-electron chi connectivity index (χ0n) is 12.6. The van der Waals surface area contributed by atoms with Gasteiger partial charge in [0.15, 0.2) is 0 Å². The average molecular weight is 287 g/mol. The molecule has 2 heterocycles. The molecule has 110 valence electrons. The van der Waals surface area contributed by atoms with Gasteiger partial charge in [0.1, 0.15) is 0 Å². The highest BCUT2D eigenvalue weighted by Gasteiger charge is 2.69. The largest absolute Gasteiger partial charge is 0.342 e. The number of hydrogen-bond donors (Lipinski definition) is 1. The molecule has 0 aromatic heterocycles. The maximum absolute atomic E-state index is 12.7. The average Bonchev–Trinajstić information content (AvgIpc) is 2.78. The number of hydrogen-bond acceptors (Lipinski definition) is 2. The van der Waals surface area contributed by atoms with Gasteiger partial charge in [-0.1, -0.05) is 27.7 Å². The van der Waals surface area contributed by atoms with Crippen molar-refractivity contribution >= 4 is 18.3 Å². The molecule has 1 atom stereocenters. The van der Waals surface area contributed by atoms with Crippen LogP contribution in [0.2, 0.25) is 0 Å². The maximum atomic E-state index is 12.7. The van der Waals surface area contributed by atoms with E-state index in [0.717, 1.165) is 26.2 Å². The molecule has 1 amide bonds. The number of carbonyl (C=O) groups excluding carboxylic acids is 1. The van der Waals surface area contributed by atoms with Crippen molar-refractivity contribution in [2.45, 2.75) is 40.5 Å². The van der Waals surface area contributed by atoms with Gasteiger partial charge in [-0.05, 0) is 30.2 Å². The van der Waals surface area contributed by atoms with Gasteiger partial charge in [0.25, 0.3) is 0 Å². The van der Waals surface area contributed by atoms with Crippen LogP contribution in [-0.4, -0.2) is 37.0 Å². The van der Waals surface area contributed by atoms with E-state index in [1.54, 1.807) is 0 Å². The van der Waals surface area contributed by atoms with E-state index in [9.17, 15) is 4.79 Å². The highest BCUT2D eigenvalue weighted by atomic mass is 35.5. The second-order valence-electron chi connectivity index (χ2n) is 7.81. The van der Waals surface area contributed by atoms with Gasteiger partial charge in [0.2, 0.25) is 5.91 Å². The van der Waals surface area contributed by atoms with Crippen molar-refractivity contribution in [3.05, 3.63) is 0 Å². The van der Waals surface area contributed by atoms with Crippen LogP contribution in [0, 0.1) is 22.2 Å². The first-order valence-electron chi connectivity index (χ1n) is 7.30. The van der Waals surface area contributed by atoms with Crippen LogP contribution < -0.4 is 5.32 Å². The van der Waals surface area contributed by atoms with Crippen LogP contribution in [0.5, 0.6) is 0 Å². The van der Waals surface area contributed by atoms with Crippen molar-refractivity contribution in [1.82, 2.24) is 10.2 Å². The fraction of sp³-hybridized carbons (Fsp3) is 0.933. The Morgan fingerprint density at radius 3 is 2.26 bits per heavy atom. The Hall–Kier alpha value is -0.280. The molecule has 3 nitrogen and oxygen atoms in total. The Bertz CT molecular complexity index is 372. The topological polar surface area (TPSA) is 32.3 Å². The number of amides is 1. The number of likely N-dealkylation sites (tertiary alicyclic amines) is 1. The van der Waals surface area contributed by atoms with Gasteiger partial charge in [-0.15, -0.1) is 12.4 Å². The minimum Gasteiger partial charge on any atom is -0.342 e. The molecule has 1 aliphatic carbocycles. The summed E-state index contributed by atoms with van der Waals surface area (Å²) in [7, 11) is 0. The fourth-order valence-electron chi connectivity index (χ4n) is 4.26. The van der Waals surface area contributed by atoms with E-state index in [4.69, 9.17) is 0 Å². The lowest BCUT2D eigenvalue weighted by Gasteiger charge is -2.23. The number of nitrogens with one attached hydrogen (secondary N) is 1. The summed E-state index contributed by atoms with van der Waals surface area (Å²) in [6.07, 6.45) is 2.44. The Labute approximate surface area is 122 Å². The highest BCUT2D eigenvalue weighted by molar-refractivity contribution is 5.85. The van der Waals surface area contributed by atoms with Crippen molar-refractivity contribution < 1.29 is 4.79 Å². The minimum atomic E-state index is 0. The summed E-state index contributed by atoms with van der Waals surface area (Å²) in [6.45, 7) is 13.1. The van der Waals surface area contributed by atoms with Crippen molar-refractivity contribution in [3.8, 4) is 0 Å². The molecule has 0 bridgehead atoms. The van der Waals surface area contributed by atoms with Crippen LogP contribution in [0.25, 0.3) is 0 Å². The minimum absolute atomic E-state index is 0. The molecule has 0 aromatic rings. The molecule has 4 heteroatoms. The zero-order valence-corrected chi connectivity index (χ0v) is 13.4. The molecule has 0 radical (unpaired) electrons.